The van der Waals surface area contributed by atoms with Crippen LogP contribution < -0.4 is 4.74 Å². The summed E-state index contributed by atoms with van der Waals surface area (Å²) in [5, 5.41) is 3.27. The maximum absolute atomic E-state index is 6.05. The normalized spacial score (nSPS) is 11.0. The van der Waals surface area contributed by atoms with Crippen molar-refractivity contribution in [3.63, 3.8) is 0 Å². The third-order valence-electron chi connectivity index (χ3n) is 4.87. The predicted octanol–water partition coefficient (Wildman–Crippen LogP) is 8.09. The molecule has 0 radical (unpaired) electrons. The van der Waals surface area contributed by atoms with Crippen LogP contribution in [0.3, 0.4) is 0 Å². The van der Waals surface area contributed by atoms with E-state index < -0.39 is 0 Å². The molecule has 0 saturated carbocycles. The number of para-hydroxylation sites is 1. The number of hydrogen-bond donors (Lipinski definition) is 0. The molecule has 0 spiro atoms. The van der Waals surface area contributed by atoms with Crippen molar-refractivity contribution < 1.29 is 4.74 Å². The standard InChI is InChI=1S/C25H24OS/c1-2-3-5-8-19-11-13-20(14-12-19)21-15-16-23-24(18-27-25(23)17-21)26-22-9-6-4-7-10-22/h4,6-7,9-18H,2-3,5,8H2,1H3. The first-order chi connectivity index (χ1) is 13.3. The Morgan fingerprint density at radius 2 is 1.59 bits per heavy atom. The molecule has 0 aliphatic rings. The molecule has 3 aromatic carbocycles. The summed E-state index contributed by atoms with van der Waals surface area (Å²) in [5.74, 6) is 1.80. The van der Waals surface area contributed by atoms with E-state index in [0.717, 1.165) is 11.5 Å². The van der Waals surface area contributed by atoms with Gasteiger partial charge >= 0.3 is 0 Å². The number of thiophene rings is 1. The maximum atomic E-state index is 6.05. The molecule has 1 heterocycles. The van der Waals surface area contributed by atoms with E-state index in [1.54, 1.807) is 11.3 Å². The highest BCUT2D eigenvalue weighted by Gasteiger charge is 2.08. The van der Waals surface area contributed by atoms with Crippen molar-refractivity contribution in [1.82, 2.24) is 0 Å². The molecular weight excluding hydrogens is 348 g/mol. The number of unbranched alkanes of at least 4 members (excludes halogenated alkanes) is 2. The van der Waals surface area contributed by atoms with Crippen LogP contribution in [-0.2, 0) is 6.42 Å². The van der Waals surface area contributed by atoms with E-state index in [2.05, 4.69) is 54.8 Å². The number of fused-ring (bicyclic) bond motifs is 1. The monoisotopic (exact) mass is 372 g/mol. The zero-order valence-corrected chi connectivity index (χ0v) is 16.5. The van der Waals surface area contributed by atoms with Gasteiger partial charge in [-0.15, -0.1) is 11.3 Å². The highest BCUT2D eigenvalue weighted by molar-refractivity contribution is 7.17. The second-order valence-electron chi connectivity index (χ2n) is 6.88. The van der Waals surface area contributed by atoms with Gasteiger partial charge in [0.05, 0.1) is 0 Å². The molecular formula is C25H24OS. The molecule has 0 N–H and O–H groups in total. The third kappa shape index (κ3) is 4.23. The van der Waals surface area contributed by atoms with E-state index in [-0.39, 0.29) is 0 Å². The van der Waals surface area contributed by atoms with Crippen molar-refractivity contribution in [2.24, 2.45) is 0 Å². The number of aryl methyl sites for hydroxylation is 1. The predicted molar refractivity (Wildman–Crippen MR) is 117 cm³/mol. The van der Waals surface area contributed by atoms with Crippen LogP contribution in [0.25, 0.3) is 21.2 Å². The summed E-state index contributed by atoms with van der Waals surface area (Å²) in [5.41, 5.74) is 3.97. The van der Waals surface area contributed by atoms with Gasteiger partial charge in [0.2, 0.25) is 0 Å². The van der Waals surface area contributed by atoms with Gasteiger partial charge in [-0.3, -0.25) is 0 Å². The molecule has 4 aromatic rings. The van der Waals surface area contributed by atoms with Crippen LogP contribution >= 0.6 is 11.3 Å². The van der Waals surface area contributed by atoms with Crippen LogP contribution in [0.1, 0.15) is 31.7 Å². The Labute approximate surface area is 165 Å². The van der Waals surface area contributed by atoms with Crippen LogP contribution in [0.5, 0.6) is 11.5 Å². The van der Waals surface area contributed by atoms with Gasteiger partial charge in [-0.2, -0.15) is 0 Å². The molecule has 0 aliphatic carbocycles. The lowest BCUT2D eigenvalue weighted by atomic mass is 10.0. The topological polar surface area (TPSA) is 9.23 Å². The van der Waals surface area contributed by atoms with Gasteiger partial charge in [-0.1, -0.05) is 68.3 Å². The second-order valence-corrected chi connectivity index (χ2v) is 7.79. The quantitative estimate of drug-likeness (QED) is 0.298. The van der Waals surface area contributed by atoms with Crippen molar-refractivity contribution in [2.45, 2.75) is 32.6 Å². The average molecular weight is 373 g/mol. The lowest BCUT2D eigenvalue weighted by Gasteiger charge is -2.06. The van der Waals surface area contributed by atoms with Gasteiger partial charge in [0.15, 0.2) is 0 Å². The number of rotatable bonds is 7. The summed E-state index contributed by atoms with van der Waals surface area (Å²) in [4.78, 5) is 0. The van der Waals surface area contributed by atoms with Crippen molar-refractivity contribution in [1.29, 1.82) is 0 Å². The van der Waals surface area contributed by atoms with E-state index in [0.29, 0.717) is 0 Å². The van der Waals surface area contributed by atoms with Crippen molar-refractivity contribution in [2.75, 3.05) is 0 Å². The van der Waals surface area contributed by atoms with E-state index in [1.807, 2.05) is 30.3 Å². The van der Waals surface area contributed by atoms with Crippen molar-refractivity contribution >= 4 is 21.4 Å². The summed E-state index contributed by atoms with van der Waals surface area (Å²) in [6, 6.07) is 25.6. The highest BCUT2D eigenvalue weighted by Crippen LogP contribution is 2.37. The number of benzene rings is 3. The average Bonchev–Trinajstić information content (AvgIpc) is 3.11. The molecule has 0 amide bonds. The minimum atomic E-state index is 0.875. The molecule has 2 heteroatoms. The third-order valence-corrected chi connectivity index (χ3v) is 5.79. The van der Waals surface area contributed by atoms with Gasteiger partial charge < -0.3 is 4.74 Å². The first-order valence-electron chi connectivity index (χ1n) is 9.67. The summed E-state index contributed by atoms with van der Waals surface area (Å²) in [7, 11) is 0. The van der Waals surface area contributed by atoms with E-state index in [9.17, 15) is 0 Å². The van der Waals surface area contributed by atoms with Crippen LogP contribution in [0.4, 0.5) is 0 Å². The summed E-state index contributed by atoms with van der Waals surface area (Å²) in [6.45, 7) is 2.25. The Kier molecular flexibility index (Phi) is 5.55. The van der Waals surface area contributed by atoms with Gasteiger partial charge in [0.1, 0.15) is 11.5 Å². The van der Waals surface area contributed by atoms with Crippen molar-refractivity contribution in [3.8, 4) is 22.6 Å². The first kappa shape index (κ1) is 17.8. The van der Waals surface area contributed by atoms with Gasteiger partial charge in [0.25, 0.3) is 0 Å². The van der Waals surface area contributed by atoms with Gasteiger partial charge in [-0.05, 0) is 53.8 Å². The summed E-state index contributed by atoms with van der Waals surface area (Å²) in [6.07, 6.45) is 5.04. The van der Waals surface area contributed by atoms with Crippen molar-refractivity contribution in [3.05, 3.63) is 83.7 Å². The molecule has 0 fully saturated rings. The lowest BCUT2D eigenvalue weighted by molar-refractivity contribution is 0.490. The zero-order valence-electron chi connectivity index (χ0n) is 15.7. The second kappa shape index (κ2) is 8.41. The molecule has 1 nitrogen and oxygen atoms in total. The smallest absolute Gasteiger partial charge is 0.145 e. The molecule has 0 bridgehead atoms. The SMILES string of the molecule is CCCCCc1ccc(-c2ccc3c(Oc4ccccc4)csc3c2)cc1. The number of ether oxygens (including phenoxy) is 1. The fourth-order valence-electron chi connectivity index (χ4n) is 3.32. The summed E-state index contributed by atoms with van der Waals surface area (Å²) >= 11 is 1.73. The van der Waals surface area contributed by atoms with E-state index >= 15 is 0 Å². The molecule has 136 valence electrons. The molecule has 4 rings (SSSR count). The number of hydrogen-bond acceptors (Lipinski definition) is 2. The Morgan fingerprint density at radius 1 is 0.815 bits per heavy atom. The summed E-state index contributed by atoms with van der Waals surface area (Å²) < 4.78 is 7.31. The zero-order chi connectivity index (χ0) is 18.5. The van der Waals surface area contributed by atoms with Crippen LogP contribution in [0, 0.1) is 0 Å². The molecule has 27 heavy (non-hydrogen) atoms. The van der Waals surface area contributed by atoms with Gasteiger partial charge in [0, 0.05) is 15.5 Å². The Bertz CT molecular complexity index is 1000. The highest BCUT2D eigenvalue weighted by atomic mass is 32.1. The fraction of sp³-hybridized carbons (Fsp3) is 0.200. The Morgan fingerprint density at radius 3 is 2.37 bits per heavy atom. The lowest BCUT2D eigenvalue weighted by Crippen LogP contribution is -1.86. The maximum Gasteiger partial charge on any atom is 0.145 e. The largest absolute Gasteiger partial charge is 0.456 e. The molecule has 1 aromatic heterocycles. The molecule has 0 atom stereocenters. The Hall–Kier alpha value is -2.58. The minimum absolute atomic E-state index is 0.875. The van der Waals surface area contributed by atoms with Crippen LogP contribution in [0.15, 0.2) is 78.2 Å². The molecule has 0 aliphatic heterocycles. The van der Waals surface area contributed by atoms with E-state index in [4.69, 9.17) is 4.74 Å². The first-order valence-corrected chi connectivity index (χ1v) is 10.5. The van der Waals surface area contributed by atoms with Crippen LogP contribution in [-0.4, -0.2) is 0 Å². The van der Waals surface area contributed by atoms with E-state index in [1.165, 1.54) is 52.5 Å². The minimum Gasteiger partial charge on any atom is -0.456 e. The van der Waals surface area contributed by atoms with Gasteiger partial charge in [-0.25, -0.2) is 0 Å². The fourth-order valence-corrected chi connectivity index (χ4v) is 4.22. The molecule has 0 unspecified atom stereocenters. The Balaban J connectivity index is 1.54. The van der Waals surface area contributed by atoms with Crippen LogP contribution in [0.2, 0.25) is 0 Å². The molecule has 0 saturated heterocycles.